The van der Waals surface area contributed by atoms with Crippen LogP contribution in [0.4, 0.5) is 5.82 Å². The van der Waals surface area contributed by atoms with Gasteiger partial charge < -0.3 is 5.73 Å². The van der Waals surface area contributed by atoms with Crippen LogP contribution in [0, 0.1) is 0 Å². The van der Waals surface area contributed by atoms with Crippen molar-refractivity contribution in [3.63, 3.8) is 0 Å². The molecule has 2 aromatic heterocycles. The Labute approximate surface area is 112 Å². The Hall–Kier alpha value is -2.08. The molecule has 0 spiro atoms. The Balaban J connectivity index is 2.00. The Morgan fingerprint density at radius 3 is 2.50 bits per heavy atom. The van der Waals surface area contributed by atoms with Crippen LogP contribution >= 0.6 is 15.9 Å². The first-order valence-electron chi connectivity index (χ1n) is 5.35. The molecule has 18 heavy (non-hydrogen) atoms. The molecule has 0 aliphatic rings. The Morgan fingerprint density at radius 2 is 1.94 bits per heavy atom. The van der Waals surface area contributed by atoms with Crippen LogP contribution in [0.1, 0.15) is 0 Å². The minimum atomic E-state index is 0.572. The molecule has 0 saturated carbocycles. The average Bonchev–Trinajstić information content (AvgIpc) is 2.98. The normalized spacial score (nSPS) is 10.7. The number of aromatic amines is 1. The SMILES string of the molecule is Nc1[nH]ncc1-c1ccc(-n2nccc2Br)cc1. The molecule has 1 aromatic carbocycles. The number of halogens is 1. The third-order valence-corrected chi connectivity index (χ3v) is 3.29. The molecule has 3 rings (SSSR count). The van der Waals surface area contributed by atoms with Gasteiger partial charge in [0.05, 0.1) is 18.1 Å². The third-order valence-electron chi connectivity index (χ3n) is 2.69. The maximum atomic E-state index is 5.79. The van der Waals surface area contributed by atoms with Crippen molar-refractivity contribution in [2.45, 2.75) is 0 Å². The van der Waals surface area contributed by atoms with Gasteiger partial charge in [-0.2, -0.15) is 10.2 Å². The maximum absolute atomic E-state index is 5.79. The first-order valence-corrected chi connectivity index (χ1v) is 6.14. The lowest BCUT2D eigenvalue weighted by Gasteiger charge is -2.05. The number of nitrogens with zero attached hydrogens (tertiary/aromatic N) is 3. The molecule has 0 amide bonds. The Morgan fingerprint density at radius 1 is 1.17 bits per heavy atom. The van der Waals surface area contributed by atoms with Gasteiger partial charge in [0.2, 0.25) is 0 Å². The summed E-state index contributed by atoms with van der Waals surface area (Å²) < 4.78 is 2.72. The van der Waals surface area contributed by atoms with Gasteiger partial charge in [-0.15, -0.1) is 0 Å². The fraction of sp³-hybridized carbons (Fsp3) is 0. The molecular weight excluding hydrogens is 294 g/mol. The van der Waals surface area contributed by atoms with Gasteiger partial charge in [0.25, 0.3) is 0 Å². The summed E-state index contributed by atoms with van der Waals surface area (Å²) in [4.78, 5) is 0. The molecule has 2 heterocycles. The lowest BCUT2D eigenvalue weighted by molar-refractivity contribution is 0.861. The van der Waals surface area contributed by atoms with Crippen molar-refractivity contribution in [3.05, 3.63) is 47.3 Å². The monoisotopic (exact) mass is 303 g/mol. The second-order valence-corrected chi connectivity index (χ2v) is 4.62. The van der Waals surface area contributed by atoms with Crippen LogP contribution in [-0.2, 0) is 0 Å². The molecule has 3 N–H and O–H groups in total. The maximum Gasteiger partial charge on any atom is 0.126 e. The van der Waals surface area contributed by atoms with Gasteiger partial charge in [-0.05, 0) is 39.7 Å². The molecule has 0 radical (unpaired) electrons. The average molecular weight is 304 g/mol. The van der Waals surface area contributed by atoms with Gasteiger partial charge in [-0.25, -0.2) is 4.68 Å². The number of aromatic nitrogens is 4. The van der Waals surface area contributed by atoms with E-state index in [9.17, 15) is 0 Å². The molecule has 5 nitrogen and oxygen atoms in total. The van der Waals surface area contributed by atoms with Gasteiger partial charge in [0, 0.05) is 5.56 Å². The number of benzene rings is 1. The highest BCUT2D eigenvalue weighted by Crippen LogP contribution is 2.25. The number of H-pyrrole nitrogens is 1. The second kappa shape index (κ2) is 4.30. The number of anilines is 1. The van der Waals surface area contributed by atoms with E-state index in [1.54, 1.807) is 12.4 Å². The molecule has 0 aliphatic heterocycles. The number of nitrogen functional groups attached to an aromatic ring is 1. The summed E-state index contributed by atoms with van der Waals surface area (Å²) >= 11 is 3.44. The predicted octanol–water partition coefficient (Wildman–Crippen LogP) is 2.61. The van der Waals surface area contributed by atoms with E-state index in [2.05, 4.69) is 31.2 Å². The van der Waals surface area contributed by atoms with Gasteiger partial charge in [0.1, 0.15) is 10.4 Å². The largest absolute Gasteiger partial charge is 0.384 e. The highest BCUT2D eigenvalue weighted by atomic mass is 79.9. The van der Waals surface area contributed by atoms with Crippen molar-refractivity contribution in [1.82, 2.24) is 20.0 Å². The van der Waals surface area contributed by atoms with E-state index < -0.39 is 0 Å². The number of hydrogen-bond donors (Lipinski definition) is 2. The molecule has 0 unspecified atom stereocenters. The number of rotatable bonds is 2. The van der Waals surface area contributed by atoms with E-state index in [1.807, 2.05) is 35.0 Å². The van der Waals surface area contributed by atoms with Crippen molar-refractivity contribution < 1.29 is 0 Å². The fourth-order valence-electron chi connectivity index (χ4n) is 1.79. The molecule has 0 bridgehead atoms. The minimum Gasteiger partial charge on any atom is -0.384 e. The molecule has 6 heteroatoms. The summed E-state index contributed by atoms with van der Waals surface area (Å²) in [6, 6.07) is 9.84. The van der Waals surface area contributed by atoms with Crippen molar-refractivity contribution >= 4 is 21.7 Å². The van der Waals surface area contributed by atoms with Crippen LogP contribution in [0.15, 0.2) is 47.3 Å². The highest BCUT2D eigenvalue weighted by molar-refractivity contribution is 9.10. The molecular formula is C12H10BrN5. The minimum absolute atomic E-state index is 0.572. The lowest BCUT2D eigenvalue weighted by atomic mass is 10.1. The number of nitrogens with one attached hydrogen (secondary N) is 1. The Kier molecular flexibility index (Phi) is 2.64. The van der Waals surface area contributed by atoms with Crippen molar-refractivity contribution in [2.75, 3.05) is 5.73 Å². The summed E-state index contributed by atoms with van der Waals surface area (Å²) in [5.74, 6) is 0.572. The lowest BCUT2D eigenvalue weighted by Crippen LogP contribution is -1.96. The van der Waals surface area contributed by atoms with E-state index >= 15 is 0 Å². The number of hydrogen-bond acceptors (Lipinski definition) is 3. The van der Waals surface area contributed by atoms with Crippen molar-refractivity contribution in [2.24, 2.45) is 0 Å². The van der Waals surface area contributed by atoms with Crippen LogP contribution in [0.25, 0.3) is 16.8 Å². The molecule has 0 saturated heterocycles. The summed E-state index contributed by atoms with van der Waals surface area (Å²) in [5, 5.41) is 10.9. The smallest absolute Gasteiger partial charge is 0.126 e. The summed E-state index contributed by atoms with van der Waals surface area (Å²) in [6.45, 7) is 0. The fourth-order valence-corrected chi connectivity index (χ4v) is 2.20. The van der Waals surface area contributed by atoms with Gasteiger partial charge >= 0.3 is 0 Å². The molecule has 0 aliphatic carbocycles. The summed E-state index contributed by atoms with van der Waals surface area (Å²) in [5.41, 5.74) is 8.70. The van der Waals surface area contributed by atoms with Crippen LogP contribution in [-0.4, -0.2) is 20.0 Å². The standard InChI is InChI=1S/C12H10BrN5/c13-11-5-6-16-18(11)9-3-1-8(2-4-9)10-7-15-17-12(10)14/h1-7H,(H3,14,15,17). The summed E-state index contributed by atoms with van der Waals surface area (Å²) in [7, 11) is 0. The van der Waals surface area contributed by atoms with E-state index in [1.165, 1.54) is 0 Å². The van der Waals surface area contributed by atoms with Crippen LogP contribution in [0.2, 0.25) is 0 Å². The zero-order valence-corrected chi connectivity index (χ0v) is 10.9. The van der Waals surface area contributed by atoms with Crippen LogP contribution in [0.3, 0.4) is 0 Å². The first-order chi connectivity index (χ1) is 8.75. The zero-order chi connectivity index (χ0) is 12.5. The second-order valence-electron chi connectivity index (χ2n) is 3.81. The molecule has 0 fully saturated rings. The zero-order valence-electron chi connectivity index (χ0n) is 9.34. The summed E-state index contributed by atoms with van der Waals surface area (Å²) in [6.07, 6.45) is 3.46. The van der Waals surface area contributed by atoms with Crippen LogP contribution in [0.5, 0.6) is 0 Å². The number of nitrogens with two attached hydrogens (primary N) is 1. The molecule has 90 valence electrons. The van der Waals surface area contributed by atoms with E-state index in [0.717, 1.165) is 21.4 Å². The van der Waals surface area contributed by atoms with Crippen LogP contribution < -0.4 is 5.73 Å². The quantitative estimate of drug-likeness (QED) is 0.764. The predicted molar refractivity (Wildman–Crippen MR) is 73.3 cm³/mol. The first kappa shape index (κ1) is 11.0. The molecule has 3 aromatic rings. The van der Waals surface area contributed by atoms with Crippen molar-refractivity contribution in [1.29, 1.82) is 0 Å². The topological polar surface area (TPSA) is 72.5 Å². The van der Waals surface area contributed by atoms with E-state index in [-0.39, 0.29) is 0 Å². The molecule has 0 atom stereocenters. The highest BCUT2D eigenvalue weighted by Gasteiger charge is 2.06. The Bertz CT molecular complexity index is 609. The van der Waals surface area contributed by atoms with Gasteiger partial charge in [0.15, 0.2) is 0 Å². The van der Waals surface area contributed by atoms with E-state index in [0.29, 0.717) is 5.82 Å². The third kappa shape index (κ3) is 1.80. The van der Waals surface area contributed by atoms with Gasteiger partial charge in [-0.3, -0.25) is 5.10 Å². The van der Waals surface area contributed by atoms with Crippen molar-refractivity contribution in [3.8, 4) is 16.8 Å². The van der Waals surface area contributed by atoms with Gasteiger partial charge in [-0.1, -0.05) is 12.1 Å². The van der Waals surface area contributed by atoms with E-state index in [4.69, 9.17) is 5.73 Å².